The maximum absolute atomic E-state index is 4.24. The second kappa shape index (κ2) is 6.70. The van der Waals surface area contributed by atoms with Crippen LogP contribution in [0.5, 0.6) is 0 Å². The van der Waals surface area contributed by atoms with E-state index in [1.165, 1.54) is 5.56 Å². The maximum atomic E-state index is 4.24. The van der Waals surface area contributed by atoms with Crippen LogP contribution in [0.4, 0.5) is 17.3 Å². The van der Waals surface area contributed by atoms with Gasteiger partial charge in [0.05, 0.1) is 0 Å². The van der Waals surface area contributed by atoms with E-state index in [4.69, 9.17) is 0 Å². The average molecular weight is 335 g/mol. The van der Waals surface area contributed by atoms with Crippen LogP contribution in [0.3, 0.4) is 0 Å². The van der Waals surface area contributed by atoms with Gasteiger partial charge in [0.1, 0.15) is 18.0 Å². The highest BCUT2D eigenvalue weighted by atomic mass is 79.9. The number of hydrogen-bond acceptors (Lipinski definition) is 4. The standard InChI is InChI=1S/C15H19BrN4/c1-10(2)8-17-14-7-15(19-9-18-14)20-12-5-4-11(3)13(16)6-12/h4-7,9-10H,8H2,1-3H3,(H2,17,18,19,20). The van der Waals surface area contributed by atoms with Crippen LogP contribution in [0, 0.1) is 12.8 Å². The molecular weight excluding hydrogens is 316 g/mol. The van der Waals surface area contributed by atoms with Gasteiger partial charge in [0.2, 0.25) is 0 Å². The topological polar surface area (TPSA) is 49.8 Å². The number of anilines is 3. The molecule has 0 saturated carbocycles. The summed E-state index contributed by atoms with van der Waals surface area (Å²) < 4.78 is 1.08. The molecule has 0 saturated heterocycles. The fourth-order valence-electron chi connectivity index (χ4n) is 1.65. The number of hydrogen-bond donors (Lipinski definition) is 2. The van der Waals surface area contributed by atoms with Gasteiger partial charge in [-0.3, -0.25) is 0 Å². The Kier molecular flexibility index (Phi) is 4.95. The Bertz CT molecular complexity index is 584. The van der Waals surface area contributed by atoms with E-state index in [0.29, 0.717) is 5.92 Å². The molecule has 0 radical (unpaired) electrons. The largest absolute Gasteiger partial charge is 0.370 e. The van der Waals surface area contributed by atoms with Crippen molar-refractivity contribution < 1.29 is 0 Å². The molecule has 106 valence electrons. The summed E-state index contributed by atoms with van der Waals surface area (Å²) in [4.78, 5) is 8.45. The van der Waals surface area contributed by atoms with E-state index in [9.17, 15) is 0 Å². The number of rotatable bonds is 5. The average Bonchev–Trinajstić information content (AvgIpc) is 2.41. The molecule has 0 aliphatic heterocycles. The van der Waals surface area contributed by atoms with Crippen LogP contribution in [-0.2, 0) is 0 Å². The lowest BCUT2D eigenvalue weighted by Gasteiger charge is -2.10. The Hall–Kier alpha value is -1.62. The Morgan fingerprint density at radius 1 is 1.15 bits per heavy atom. The predicted molar refractivity (Wildman–Crippen MR) is 87.5 cm³/mol. The molecule has 1 aromatic heterocycles. The monoisotopic (exact) mass is 334 g/mol. The van der Waals surface area contributed by atoms with Gasteiger partial charge in [0.15, 0.2) is 0 Å². The summed E-state index contributed by atoms with van der Waals surface area (Å²) in [5.41, 5.74) is 2.20. The lowest BCUT2D eigenvalue weighted by molar-refractivity contribution is 0.687. The van der Waals surface area contributed by atoms with Crippen molar-refractivity contribution in [2.75, 3.05) is 17.2 Å². The third kappa shape index (κ3) is 4.20. The molecule has 1 aromatic carbocycles. The number of aryl methyl sites for hydroxylation is 1. The van der Waals surface area contributed by atoms with Crippen LogP contribution in [0.15, 0.2) is 35.1 Å². The molecule has 0 fully saturated rings. The molecule has 0 atom stereocenters. The zero-order valence-corrected chi connectivity index (χ0v) is 13.5. The quantitative estimate of drug-likeness (QED) is 0.852. The molecule has 0 amide bonds. The van der Waals surface area contributed by atoms with Crippen molar-refractivity contribution in [2.45, 2.75) is 20.8 Å². The first-order chi connectivity index (χ1) is 9.54. The van der Waals surface area contributed by atoms with Gasteiger partial charge >= 0.3 is 0 Å². The van der Waals surface area contributed by atoms with Crippen molar-refractivity contribution in [3.63, 3.8) is 0 Å². The van der Waals surface area contributed by atoms with Gasteiger partial charge < -0.3 is 10.6 Å². The van der Waals surface area contributed by atoms with E-state index in [2.05, 4.69) is 63.4 Å². The van der Waals surface area contributed by atoms with E-state index in [1.54, 1.807) is 6.33 Å². The molecule has 1 heterocycles. The number of benzene rings is 1. The first-order valence-corrected chi connectivity index (χ1v) is 7.43. The predicted octanol–water partition coefficient (Wildman–Crippen LogP) is 4.36. The van der Waals surface area contributed by atoms with E-state index in [-0.39, 0.29) is 0 Å². The number of nitrogens with zero attached hydrogens (tertiary/aromatic N) is 2. The highest BCUT2D eigenvalue weighted by Crippen LogP contribution is 2.23. The first-order valence-electron chi connectivity index (χ1n) is 6.63. The van der Waals surface area contributed by atoms with Crippen LogP contribution in [0.2, 0.25) is 0 Å². The molecule has 0 spiro atoms. The van der Waals surface area contributed by atoms with Crippen LogP contribution in [-0.4, -0.2) is 16.5 Å². The fourth-order valence-corrected chi connectivity index (χ4v) is 2.03. The van der Waals surface area contributed by atoms with Crippen LogP contribution >= 0.6 is 15.9 Å². The Morgan fingerprint density at radius 2 is 1.90 bits per heavy atom. The van der Waals surface area contributed by atoms with Crippen molar-refractivity contribution in [3.05, 3.63) is 40.6 Å². The minimum Gasteiger partial charge on any atom is -0.370 e. The van der Waals surface area contributed by atoms with Crippen molar-refractivity contribution in [2.24, 2.45) is 5.92 Å². The third-order valence-electron chi connectivity index (χ3n) is 2.80. The van der Waals surface area contributed by atoms with Gasteiger partial charge in [-0.25, -0.2) is 9.97 Å². The normalized spacial score (nSPS) is 10.7. The zero-order valence-electron chi connectivity index (χ0n) is 11.9. The van der Waals surface area contributed by atoms with Gasteiger partial charge in [-0.1, -0.05) is 35.8 Å². The van der Waals surface area contributed by atoms with Crippen LogP contribution in [0.25, 0.3) is 0 Å². The molecule has 2 rings (SSSR count). The second-order valence-electron chi connectivity index (χ2n) is 5.15. The van der Waals surface area contributed by atoms with Crippen molar-refractivity contribution in [3.8, 4) is 0 Å². The van der Waals surface area contributed by atoms with Crippen LogP contribution in [0.1, 0.15) is 19.4 Å². The summed E-state index contributed by atoms with van der Waals surface area (Å²) in [5.74, 6) is 2.19. The zero-order chi connectivity index (χ0) is 14.5. The number of nitrogens with one attached hydrogen (secondary N) is 2. The molecule has 0 unspecified atom stereocenters. The van der Waals surface area contributed by atoms with E-state index in [0.717, 1.165) is 28.3 Å². The highest BCUT2D eigenvalue weighted by Gasteiger charge is 2.02. The minimum atomic E-state index is 0.578. The fraction of sp³-hybridized carbons (Fsp3) is 0.333. The SMILES string of the molecule is Cc1ccc(Nc2cc(NCC(C)C)ncn2)cc1Br. The Labute approximate surface area is 128 Å². The van der Waals surface area contributed by atoms with Gasteiger partial charge in [-0.05, 0) is 30.5 Å². The van der Waals surface area contributed by atoms with E-state index >= 15 is 0 Å². The van der Waals surface area contributed by atoms with Gasteiger partial charge in [0.25, 0.3) is 0 Å². The van der Waals surface area contributed by atoms with Gasteiger partial charge in [0, 0.05) is 22.8 Å². The van der Waals surface area contributed by atoms with E-state index in [1.807, 2.05) is 18.2 Å². The van der Waals surface area contributed by atoms with E-state index < -0.39 is 0 Å². The summed E-state index contributed by atoms with van der Waals surface area (Å²) in [6.45, 7) is 7.29. The molecule has 0 aliphatic rings. The van der Waals surface area contributed by atoms with Crippen molar-refractivity contribution in [1.29, 1.82) is 0 Å². The van der Waals surface area contributed by atoms with Gasteiger partial charge in [-0.2, -0.15) is 0 Å². The van der Waals surface area contributed by atoms with Crippen LogP contribution < -0.4 is 10.6 Å². The smallest absolute Gasteiger partial charge is 0.135 e. The second-order valence-corrected chi connectivity index (χ2v) is 6.01. The van der Waals surface area contributed by atoms with Gasteiger partial charge in [-0.15, -0.1) is 0 Å². The summed E-state index contributed by atoms with van der Waals surface area (Å²) in [5, 5.41) is 6.57. The molecule has 0 bridgehead atoms. The van der Waals surface area contributed by atoms with Crippen molar-refractivity contribution >= 4 is 33.3 Å². The highest BCUT2D eigenvalue weighted by molar-refractivity contribution is 9.10. The number of aromatic nitrogens is 2. The summed E-state index contributed by atoms with van der Waals surface area (Å²) in [6, 6.07) is 8.05. The maximum Gasteiger partial charge on any atom is 0.135 e. The molecule has 2 aromatic rings. The molecule has 2 N–H and O–H groups in total. The summed E-state index contributed by atoms with van der Waals surface area (Å²) >= 11 is 3.53. The number of halogens is 1. The molecule has 4 nitrogen and oxygen atoms in total. The summed E-state index contributed by atoms with van der Waals surface area (Å²) in [6.07, 6.45) is 1.56. The Morgan fingerprint density at radius 3 is 2.60 bits per heavy atom. The third-order valence-corrected chi connectivity index (χ3v) is 3.66. The lowest BCUT2D eigenvalue weighted by atomic mass is 10.2. The molecule has 0 aliphatic carbocycles. The molecular formula is C15H19BrN4. The first kappa shape index (κ1) is 14.8. The minimum absolute atomic E-state index is 0.578. The molecule has 5 heteroatoms. The molecule has 20 heavy (non-hydrogen) atoms. The van der Waals surface area contributed by atoms with Crippen molar-refractivity contribution in [1.82, 2.24) is 9.97 Å². The Balaban J connectivity index is 2.08. The summed E-state index contributed by atoms with van der Waals surface area (Å²) in [7, 11) is 0. The lowest BCUT2D eigenvalue weighted by Crippen LogP contribution is -2.09.